The van der Waals surface area contributed by atoms with E-state index in [9.17, 15) is 23.1 Å². The third-order valence-electron chi connectivity index (χ3n) is 9.47. The standard InChI is InChI=1S/C33H29N2S.C10H15F3O2.Ir/c1-19-15-22-11-7-9-13-25(22)20(2)28(19)31-21(3)29-32(36-31)30(35-18-34-29)24-16-23-12-8-10-14-26(23)27(17-24)33(4,5)6;1-6(2)7(14)5-8(15)9(3,4)10(11,12)13;/h7-15,17-18H,1-6H3;5-6,14H,1-4H3;/q-1;;/b;7-5-;. The van der Waals surface area contributed by atoms with Gasteiger partial charge in [-0.15, -0.1) is 40.5 Å². The second kappa shape index (κ2) is 15.2. The number of carbonyl (C=O) groups excluding carboxylic acids is 1. The number of aryl methyl sites for hydroxylation is 3. The Balaban J connectivity index is 0.000000323. The summed E-state index contributed by atoms with van der Waals surface area (Å²) in [5, 5.41) is 14.2. The number of thiophene rings is 1. The van der Waals surface area contributed by atoms with Crippen LogP contribution in [0.1, 0.15) is 70.7 Å². The van der Waals surface area contributed by atoms with E-state index in [2.05, 4.69) is 108 Å². The van der Waals surface area contributed by atoms with Crippen LogP contribution < -0.4 is 0 Å². The summed E-state index contributed by atoms with van der Waals surface area (Å²) < 4.78 is 38.3. The van der Waals surface area contributed by atoms with Gasteiger partial charge in [-0.1, -0.05) is 94.1 Å². The minimum absolute atomic E-state index is 0. The number of hydrogen-bond acceptors (Lipinski definition) is 5. The molecule has 275 valence electrons. The Kier molecular flexibility index (Phi) is 12.0. The molecule has 0 amide bonds. The van der Waals surface area contributed by atoms with Crippen molar-refractivity contribution in [3.63, 3.8) is 0 Å². The van der Waals surface area contributed by atoms with Crippen LogP contribution in [0.3, 0.4) is 0 Å². The summed E-state index contributed by atoms with van der Waals surface area (Å²) in [6.45, 7) is 18.2. The number of fused-ring (bicyclic) bond motifs is 3. The Morgan fingerprint density at radius 2 is 1.50 bits per heavy atom. The molecule has 0 fully saturated rings. The Hall–Kier alpha value is -3.91. The molecule has 0 saturated heterocycles. The zero-order valence-electron chi connectivity index (χ0n) is 31.1. The summed E-state index contributed by atoms with van der Waals surface area (Å²) in [6, 6.07) is 25.5. The smallest absolute Gasteiger partial charge is 0.401 e. The van der Waals surface area contributed by atoms with E-state index in [4.69, 9.17) is 9.97 Å². The third-order valence-corrected chi connectivity index (χ3v) is 10.8. The fraction of sp³-hybridized carbons (Fsp3) is 0.326. The molecule has 0 unspecified atom stereocenters. The van der Waals surface area contributed by atoms with Crippen molar-refractivity contribution in [3.8, 4) is 21.7 Å². The number of ketones is 1. The summed E-state index contributed by atoms with van der Waals surface area (Å²) in [7, 11) is 0. The third kappa shape index (κ3) is 7.87. The van der Waals surface area contributed by atoms with Gasteiger partial charge < -0.3 is 5.11 Å². The molecule has 0 atom stereocenters. The van der Waals surface area contributed by atoms with Gasteiger partial charge in [0.05, 0.1) is 11.3 Å². The summed E-state index contributed by atoms with van der Waals surface area (Å²) >= 11 is 1.81. The largest absolute Gasteiger partial charge is 0.512 e. The molecule has 6 rings (SSSR count). The topological polar surface area (TPSA) is 63.1 Å². The first kappa shape index (κ1) is 40.9. The van der Waals surface area contributed by atoms with Crippen LogP contribution in [0.15, 0.2) is 78.8 Å². The van der Waals surface area contributed by atoms with Crippen molar-refractivity contribution >= 4 is 48.9 Å². The summed E-state index contributed by atoms with van der Waals surface area (Å²) in [4.78, 5) is 22.1. The van der Waals surface area contributed by atoms with Crippen LogP contribution in [0, 0.1) is 38.2 Å². The molecule has 0 aliphatic carbocycles. The number of hydrogen-bond donors (Lipinski definition) is 1. The van der Waals surface area contributed by atoms with Gasteiger partial charge in [-0.05, 0) is 73.1 Å². The molecular weight excluding hydrogens is 858 g/mol. The molecule has 2 aromatic heterocycles. The number of allylic oxidation sites excluding steroid dienone is 2. The Bertz CT molecular complexity index is 2310. The number of carbonyl (C=O) groups is 1. The minimum Gasteiger partial charge on any atom is -0.512 e. The first-order valence-electron chi connectivity index (χ1n) is 16.9. The van der Waals surface area contributed by atoms with Gasteiger partial charge in [0.15, 0.2) is 5.78 Å². The molecule has 0 spiro atoms. The molecule has 4 nitrogen and oxygen atoms in total. The van der Waals surface area contributed by atoms with Gasteiger partial charge in [0.25, 0.3) is 0 Å². The van der Waals surface area contributed by atoms with Crippen LogP contribution in [0.4, 0.5) is 13.2 Å². The van der Waals surface area contributed by atoms with Crippen molar-refractivity contribution in [2.75, 3.05) is 0 Å². The van der Waals surface area contributed by atoms with Crippen LogP contribution in [0.25, 0.3) is 53.5 Å². The molecular formula is C43H44F3IrN2O2S-. The van der Waals surface area contributed by atoms with E-state index in [1.165, 1.54) is 48.9 Å². The van der Waals surface area contributed by atoms with Crippen molar-refractivity contribution in [1.29, 1.82) is 0 Å². The van der Waals surface area contributed by atoms with Crippen molar-refractivity contribution in [2.45, 2.75) is 80.8 Å². The molecule has 1 N–H and O–H groups in total. The van der Waals surface area contributed by atoms with Crippen LogP contribution in [0.5, 0.6) is 0 Å². The normalized spacial score (nSPS) is 12.6. The van der Waals surface area contributed by atoms with Crippen molar-refractivity contribution < 1.29 is 43.2 Å². The molecule has 9 heteroatoms. The number of aromatic nitrogens is 2. The first-order valence-corrected chi connectivity index (χ1v) is 17.8. The van der Waals surface area contributed by atoms with Gasteiger partial charge in [-0.2, -0.15) is 13.2 Å². The Morgan fingerprint density at radius 3 is 2.12 bits per heavy atom. The maximum Gasteiger partial charge on any atom is 0.401 e. The number of alkyl halides is 3. The van der Waals surface area contributed by atoms with Crippen LogP contribution in [-0.2, 0) is 30.3 Å². The van der Waals surface area contributed by atoms with Gasteiger partial charge >= 0.3 is 6.18 Å². The molecule has 0 aliphatic heterocycles. The van der Waals surface area contributed by atoms with E-state index < -0.39 is 17.4 Å². The van der Waals surface area contributed by atoms with E-state index >= 15 is 0 Å². The fourth-order valence-corrected chi connectivity index (χ4v) is 7.53. The van der Waals surface area contributed by atoms with E-state index in [1.807, 2.05) is 11.3 Å². The van der Waals surface area contributed by atoms with Crippen molar-refractivity contribution in [1.82, 2.24) is 9.97 Å². The average molecular weight is 902 g/mol. The van der Waals surface area contributed by atoms with Gasteiger partial charge in [0.2, 0.25) is 0 Å². The predicted molar refractivity (Wildman–Crippen MR) is 205 cm³/mol. The van der Waals surface area contributed by atoms with E-state index in [0.717, 1.165) is 40.7 Å². The summed E-state index contributed by atoms with van der Waals surface area (Å²) in [6.07, 6.45) is -2.25. The van der Waals surface area contributed by atoms with Crippen LogP contribution in [0.2, 0.25) is 0 Å². The molecule has 0 bridgehead atoms. The Morgan fingerprint density at radius 1 is 0.885 bits per heavy atom. The molecule has 0 aliphatic rings. The molecule has 2 heterocycles. The molecule has 6 aromatic rings. The second-order valence-corrected chi connectivity index (χ2v) is 16.0. The van der Waals surface area contributed by atoms with E-state index in [1.54, 1.807) is 20.2 Å². The van der Waals surface area contributed by atoms with Crippen LogP contribution in [-0.4, -0.2) is 27.0 Å². The van der Waals surface area contributed by atoms with Gasteiger partial charge in [0.1, 0.15) is 11.7 Å². The Labute approximate surface area is 321 Å². The maximum atomic E-state index is 12.4. The quantitative estimate of drug-likeness (QED) is 0.106. The molecule has 1 radical (unpaired) electrons. The number of benzene rings is 4. The molecule has 0 saturated carbocycles. The number of rotatable bonds is 5. The minimum atomic E-state index is -4.61. The fourth-order valence-electron chi connectivity index (χ4n) is 6.10. The van der Waals surface area contributed by atoms with Crippen molar-refractivity contribution in [3.05, 3.63) is 107 Å². The van der Waals surface area contributed by atoms with E-state index in [-0.39, 0.29) is 37.2 Å². The summed E-state index contributed by atoms with van der Waals surface area (Å²) in [5.74, 6) is -1.84. The second-order valence-electron chi connectivity index (χ2n) is 15.0. The number of halogens is 3. The zero-order valence-corrected chi connectivity index (χ0v) is 34.3. The zero-order chi connectivity index (χ0) is 37.6. The maximum absolute atomic E-state index is 12.4. The SMILES string of the molecule is CC(C)/C(O)=C/C(=O)C(C)(C)C(F)(F)F.Cc1cc2ccccc2c(C)c1-c1sc2c(-c3[c-]c4ccccc4c(C(C)(C)C)c3)ncnc2c1C.[Ir]. The monoisotopic (exact) mass is 902 g/mol. The van der Waals surface area contributed by atoms with Crippen LogP contribution >= 0.6 is 11.3 Å². The first-order chi connectivity index (χ1) is 23.7. The van der Waals surface area contributed by atoms with Gasteiger partial charge in [0, 0.05) is 47.4 Å². The van der Waals surface area contributed by atoms with Gasteiger partial charge in [-0.25, -0.2) is 4.98 Å². The van der Waals surface area contributed by atoms with Crippen molar-refractivity contribution in [2.24, 2.45) is 11.3 Å². The summed E-state index contributed by atoms with van der Waals surface area (Å²) in [5.41, 5.74) is 7.04. The molecule has 52 heavy (non-hydrogen) atoms. The predicted octanol–water partition coefficient (Wildman–Crippen LogP) is 12.6. The number of nitrogens with zero attached hydrogens (tertiary/aromatic N) is 2. The average Bonchev–Trinajstić information content (AvgIpc) is 3.39. The number of aliphatic hydroxyl groups excluding tert-OH is 1. The molecule has 4 aromatic carbocycles. The number of aliphatic hydroxyl groups is 1. The van der Waals surface area contributed by atoms with E-state index in [0.29, 0.717) is 6.08 Å². The van der Waals surface area contributed by atoms with Gasteiger partial charge in [-0.3, -0.25) is 9.78 Å².